The molecule has 11 heteroatoms. The number of aliphatic hydroxyl groups is 2. The van der Waals surface area contributed by atoms with Crippen LogP contribution in [0.5, 0.6) is 5.75 Å². The van der Waals surface area contributed by atoms with Crippen LogP contribution in [0.1, 0.15) is 31.7 Å². The van der Waals surface area contributed by atoms with Crippen molar-refractivity contribution in [3.63, 3.8) is 0 Å². The topological polar surface area (TPSA) is 106 Å². The highest BCUT2D eigenvalue weighted by molar-refractivity contribution is 5.97. The summed E-state index contributed by atoms with van der Waals surface area (Å²) in [7, 11) is 0. The molecular formula is C24H30F3NO7. The van der Waals surface area contributed by atoms with Crippen LogP contribution in [-0.2, 0) is 19.0 Å². The van der Waals surface area contributed by atoms with E-state index in [1.807, 2.05) is 0 Å². The zero-order valence-corrected chi connectivity index (χ0v) is 19.3. The van der Waals surface area contributed by atoms with Crippen molar-refractivity contribution in [2.75, 3.05) is 26.7 Å². The number of hydrogen-bond donors (Lipinski definition) is 3. The minimum absolute atomic E-state index is 0.0303. The van der Waals surface area contributed by atoms with Crippen LogP contribution in [0.2, 0.25) is 0 Å². The molecule has 3 N–H and O–H groups in total. The van der Waals surface area contributed by atoms with Gasteiger partial charge in [-0.2, -0.15) is 0 Å². The van der Waals surface area contributed by atoms with Crippen LogP contribution in [0, 0.1) is 17.6 Å². The summed E-state index contributed by atoms with van der Waals surface area (Å²) >= 11 is 0. The lowest BCUT2D eigenvalue weighted by molar-refractivity contribution is -0.170. The number of aliphatic hydroxyl groups excluding tert-OH is 2. The summed E-state index contributed by atoms with van der Waals surface area (Å²) in [5.74, 6) is -2.29. The van der Waals surface area contributed by atoms with Gasteiger partial charge in [-0.05, 0) is 37.8 Å². The van der Waals surface area contributed by atoms with E-state index in [-0.39, 0.29) is 36.7 Å². The molecule has 1 amide bonds. The summed E-state index contributed by atoms with van der Waals surface area (Å²) < 4.78 is 63.0. The second-order valence-electron chi connectivity index (χ2n) is 9.12. The Morgan fingerprint density at radius 3 is 2.63 bits per heavy atom. The molecule has 1 heterocycles. The largest absolute Gasteiger partial charge is 0.490 e. The summed E-state index contributed by atoms with van der Waals surface area (Å²) in [6.45, 7) is 1.02. The second-order valence-corrected chi connectivity index (χ2v) is 9.12. The number of hydrogen-bond acceptors (Lipinski definition) is 7. The van der Waals surface area contributed by atoms with E-state index in [1.54, 1.807) is 0 Å². The van der Waals surface area contributed by atoms with Gasteiger partial charge in [-0.25, -0.2) is 8.78 Å². The molecule has 194 valence electrons. The van der Waals surface area contributed by atoms with Crippen LogP contribution in [-0.4, -0.2) is 79.4 Å². The van der Waals surface area contributed by atoms with Crippen LogP contribution in [0.15, 0.2) is 17.7 Å². The predicted octanol–water partition coefficient (Wildman–Crippen LogP) is 1.86. The maximum atomic E-state index is 14.5. The molecule has 0 aromatic heterocycles. The molecule has 0 bridgehead atoms. The van der Waals surface area contributed by atoms with Gasteiger partial charge in [0.05, 0.1) is 25.9 Å². The molecule has 2 saturated carbocycles. The third-order valence-corrected chi connectivity index (χ3v) is 6.41. The normalized spacial score (nSPS) is 30.7. The fourth-order valence-corrected chi connectivity index (χ4v) is 4.23. The minimum Gasteiger partial charge on any atom is -0.490 e. The quantitative estimate of drug-likeness (QED) is 0.332. The Kier molecular flexibility index (Phi) is 8.33. The van der Waals surface area contributed by atoms with Gasteiger partial charge in [0.1, 0.15) is 43.1 Å². The van der Waals surface area contributed by atoms with Crippen molar-refractivity contribution in [1.29, 1.82) is 0 Å². The first-order valence-electron chi connectivity index (χ1n) is 11.7. The van der Waals surface area contributed by atoms with E-state index in [2.05, 4.69) is 5.32 Å². The number of carbonyl (C=O) groups is 1. The van der Waals surface area contributed by atoms with E-state index in [4.69, 9.17) is 18.9 Å². The SMILES string of the molecule is C/C(=C\c1cc(F)c(OCCCF)cc1F)C(=O)N[C@@H]1[C@H](O)[C@@H](O)[C@H]2OCO[C@H]2[C@@H]1OCC1CC1. The zero-order valence-electron chi connectivity index (χ0n) is 19.3. The number of benzene rings is 1. The average Bonchev–Trinajstić information content (AvgIpc) is 3.53. The van der Waals surface area contributed by atoms with Gasteiger partial charge in [-0.3, -0.25) is 9.18 Å². The zero-order chi connectivity index (χ0) is 25.1. The van der Waals surface area contributed by atoms with Crippen LogP contribution in [0.4, 0.5) is 13.2 Å². The summed E-state index contributed by atoms with van der Waals surface area (Å²) in [5.41, 5.74) is -0.158. The van der Waals surface area contributed by atoms with Gasteiger partial charge >= 0.3 is 0 Å². The smallest absolute Gasteiger partial charge is 0.247 e. The molecule has 3 aliphatic rings. The summed E-state index contributed by atoms with van der Waals surface area (Å²) in [4.78, 5) is 12.9. The molecule has 1 aliphatic heterocycles. The van der Waals surface area contributed by atoms with Crippen LogP contribution < -0.4 is 10.1 Å². The molecule has 0 radical (unpaired) electrons. The predicted molar refractivity (Wildman–Crippen MR) is 117 cm³/mol. The molecule has 35 heavy (non-hydrogen) atoms. The van der Waals surface area contributed by atoms with Gasteiger partial charge in [0.15, 0.2) is 11.6 Å². The Hall–Kier alpha value is -2.18. The number of rotatable bonds is 10. The molecule has 1 aromatic rings. The Labute approximate surface area is 201 Å². The first kappa shape index (κ1) is 25.9. The standard InChI is InChI=1S/C24H30F3NO7/c1-12(7-14-8-16(27)17(9-15(14)26)32-6-2-5-25)24(31)28-18-19(29)20(30)22-23(35-11-34-22)21(18)33-10-13-3-4-13/h7-9,13,18-23,29-30H,2-6,10-11H2,1H3,(H,28,31)/b12-7+/t18-,19+,20-,21-,22-,23+/m1/s1. The summed E-state index contributed by atoms with van der Waals surface area (Å²) in [6, 6.07) is 0.701. The van der Waals surface area contributed by atoms with Gasteiger partial charge in [0.2, 0.25) is 5.91 Å². The van der Waals surface area contributed by atoms with Crippen molar-refractivity contribution in [3.05, 3.63) is 34.9 Å². The van der Waals surface area contributed by atoms with Crippen molar-refractivity contribution in [2.24, 2.45) is 5.92 Å². The van der Waals surface area contributed by atoms with Crippen LogP contribution in [0.25, 0.3) is 6.08 Å². The Bertz CT molecular complexity index is 942. The highest BCUT2D eigenvalue weighted by atomic mass is 19.1. The fourth-order valence-electron chi connectivity index (χ4n) is 4.23. The maximum absolute atomic E-state index is 14.5. The molecule has 4 rings (SSSR count). The second kappa shape index (κ2) is 11.3. The molecule has 0 unspecified atom stereocenters. The first-order chi connectivity index (χ1) is 16.8. The van der Waals surface area contributed by atoms with Crippen LogP contribution >= 0.6 is 0 Å². The Morgan fingerprint density at radius 2 is 1.91 bits per heavy atom. The lowest BCUT2D eigenvalue weighted by Gasteiger charge is -2.43. The number of nitrogens with one attached hydrogen (secondary N) is 1. The van der Waals surface area contributed by atoms with Crippen molar-refractivity contribution >= 4 is 12.0 Å². The van der Waals surface area contributed by atoms with Gasteiger partial charge < -0.3 is 34.5 Å². The fraction of sp³-hybridized carbons (Fsp3) is 0.625. The summed E-state index contributed by atoms with van der Waals surface area (Å²) in [6.07, 6.45) is -1.68. The molecule has 1 aromatic carbocycles. The minimum atomic E-state index is -1.39. The van der Waals surface area contributed by atoms with Crippen molar-refractivity contribution in [2.45, 2.75) is 62.7 Å². The van der Waals surface area contributed by atoms with E-state index in [9.17, 15) is 28.2 Å². The van der Waals surface area contributed by atoms with Gasteiger partial charge in [0, 0.05) is 23.6 Å². The first-order valence-corrected chi connectivity index (χ1v) is 11.7. The average molecular weight is 501 g/mol. The van der Waals surface area contributed by atoms with E-state index >= 15 is 0 Å². The van der Waals surface area contributed by atoms with Crippen LogP contribution in [0.3, 0.4) is 0 Å². The van der Waals surface area contributed by atoms with E-state index in [1.165, 1.54) is 6.92 Å². The van der Waals surface area contributed by atoms with E-state index < -0.39 is 60.8 Å². The van der Waals surface area contributed by atoms with E-state index in [0.717, 1.165) is 31.1 Å². The van der Waals surface area contributed by atoms with Gasteiger partial charge in [-0.15, -0.1) is 0 Å². The van der Waals surface area contributed by atoms with Crippen molar-refractivity contribution in [1.82, 2.24) is 5.32 Å². The van der Waals surface area contributed by atoms with Crippen molar-refractivity contribution in [3.8, 4) is 5.75 Å². The maximum Gasteiger partial charge on any atom is 0.247 e. The lowest BCUT2D eigenvalue weighted by atomic mass is 9.82. The van der Waals surface area contributed by atoms with Gasteiger partial charge in [0.25, 0.3) is 0 Å². The molecule has 6 atom stereocenters. The third kappa shape index (κ3) is 5.97. The number of fused-ring (bicyclic) bond motifs is 1. The number of alkyl halides is 1. The molecule has 0 spiro atoms. The van der Waals surface area contributed by atoms with E-state index in [0.29, 0.717) is 12.5 Å². The highest BCUT2D eigenvalue weighted by Crippen LogP contribution is 2.35. The lowest BCUT2D eigenvalue weighted by Crippen LogP contribution is -2.68. The highest BCUT2D eigenvalue weighted by Gasteiger charge is 2.55. The Morgan fingerprint density at radius 1 is 1.17 bits per heavy atom. The molecule has 8 nitrogen and oxygen atoms in total. The Balaban J connectivity index is 1.48. The molecule has 3 fully saturated rings. The number of ether oxygens (including phenoxy) is 4. The van der Waals surface area contributed by atoms with Gasteiger partial charge in [-0.1, -0.05) is 0 Å². The van der Waals surface area contributed by atoms with Crippen molar-refractivity contribution < 1.29 is 47.1 Å². The summed E-state index contributed by atoms with van der Waals surface area (Å²) in [5, 5.41) is 23.8. The molecular weight excluding hydrogens is 471 g/mol. The number of carbonyl (C=O) groups excluding carboxylic acids is 1. The monoisotopic (exact) mass is 501 g/mol. The molecule has 1 saturated heterocycles. The number of amides is 1. The molecule has 2 aliphatic carbocycles. The number of halogens is 3. The third-order valence-electron chi connectivity index (χ3n) is 6.41.